The molecule has 0 fully saturated rings. The number of anilines is 2. The number of aromatic nitrogens is 2. The quantitative estimate of drug-likeness (QED) is 0.845. The molecule has 20 heavy (non-hydrogen) atoms. The molecule has 1 aromatic carbocycles. The van der Waals surface area contributed by atoms with Crippen LogP contribution in [-0.4, -0.2) is 16.3 Å². The Hall–Kier alpha value is -2.69. The average molecular weight is 281 g/mol. The molecule has 0 spiro atoms. The SMILES string of the molecule is CCNc1nn(-c2cc(F)c(F)cc2F)c(N)c1C#N. The highest BCUT2D eigenvalue weighted by Gasteiger charge is 2.20. The third-order valence-corrected chi connectivity index (χ3v) is 2.60. The van der Waals surface area contributed by atoms with Crippen molar-refractivity contribution in [3.05, 3.63) is 35.1 Å². The fraction of sp³-hybridized carbons (Fsp3) is 0.167. The third kappa shape index (κ3) is 2.14. The maximum atomic E-state index is 13.7. The van der Waals surface area contributed by atoms with Crippen LogP contribution >= 0.6 is 0 Å². The fourth-order valence-corrected chi connectivity index (χ4v) is 1.69. The zero-order valence-electron chi connectivity index (χ0n) is 10.4. The second-order valence-corrected chi connectivity index (χ2v) is 3.88. The minimum Gasteiger partial charge on any atom is -0.382 e. The van der Waals surface area contributed by atoms with Gasteiger partial charge in [-0.25, -0.2) is 17.9 Å². The van der Waals surface area contributed by atoms with Crippen molar-refractivity contribution >= 4 is 11.6 Å². The molecule has 2 aromatic rings. The topological polar surface area (TPSA) is 79.7 Å². The first kappa shape index (κ1) is 13.7. The van der Waals surface area contributed by atoms with Crippen molar-refractivity contribution in [1.29, 1.82) is 5.26 Å². The summed E-state index contributed by atoms with van der Waals surface area (Å²) in [7, 11) is 0. The number of nitrogens with zero attached hydrogens (tertiary/aromatic N) is 3. The standard InChI is InChI=1S/C12H10F3N5/c1-2-18-12-6(5-16)11(17)20(19-12)10-4-8(14)7(13)3-9(10)15/h3-4H,2,17H2,1H3,(H,18,19). The van der Waals surface area contributed by atoms with Gasteiger partial charge in [0.25, 0.3) is 0 Å². The number of hydrogen-bond acceptors (Lipinski definition) is 4. The lowest BCUT2D eigenvalue weighted by Crippen LogP contribution is -2.06. The van der Waals surface area contributed by atoms with Crippen LogP contribution in [0.4, 0.5) is 24.8 Å². The maximum absolute atomic E-state index is 13.7. The summed E-state index contributed by atoms with van der Waals surface area (Å²) >= 11 is 0. The highest BCUT2D eigenvalue weighted by molar-refractivity contribution is 5.66. The van der Waals surface area contributed by atoms with E-state index in [4.69, 9.17) is 11.0 Å². The lowest BCUT2D eigenvalue weighted by Gasteiger charge is -2.06. The van der Waals surface area contributed by atoms with E-state index in [9.17, 15) is 13.2 Å². The molecule has 2 rings (SSSR count). The van der Waals surface area contributed by atoms with E-state index in [1.807, 2.05) is 6.07 Å². The molecule has 0 aliphatic rings. The highest BCUT2D eigenvalue weighted by atomic mass is 19.2. The number of halogens is 3. The number of nitrogens with one attached hydrogen (secondary N) is 1. The van der Waals surface area contributed by atoms with Crippen molar-refractivity contribution in [3.63, 3.8) is 0 Å². The van der Waals surface area contributed by atoms with E-state index in [2.05, 4.69) is 10.4 Å². The number of nitrogens with two attached hydrogens (primary N) is 1. The Morgan fingerprint density at radius 3 is 2.55 bits per heavy atom. The van der Waals surface area contributed by atoms with Crippen LogP contribution in [-0.2, 0) is 0 Å². The van der Waals surface area contributed by atoms with Crippen LogP contribution in [0.15, 0.2) is 12.1 Å². The van der Waals surface area contributed by atoms with E-state index < -0.39 is 17.5 Å². The Morgan fingerprint density at radius 2 is 1.95 bits per heavy atom. The van der Waals surface area contributed by atoms with Gasteiger partial charge in [-0.1, -0.05) is 0 Å². The van der Waals surface area contributed by atoms with Crippen LogP contribution in [0.2, 0.25) is 0 Å². The fourth-order valence-electron chi connectivity index (χ4n) is 1.69. The lowest BCUT2D eigenvalue weighted by atomic mass is 10.2. The van der Waals surface area contributed by atoms with Crippen molar-refractivity contribution in [2.75, 3.05) is 17.6 Å². The number of benzene rings is 1. The predicted molar refractivity (Wildman–Crippen MR) is 66.7 cm³/mol. The molecule has 0 saturated carbocycles. The van der Waals surface area contributed by atoms with Gasteiger partial charge in [0.1, 0.15) is 23.1 Å². The normalized spacial score (nSPS) is 10.3. The van der Waals surface area contributed by atoms with Crippen molar-refractivity contribution in [2.45, 2.75) is 6.92 Å². The van der Waals surface area contributed by atoms with Crippen LogP contribution in [0, 0.1) is 28.8 Å². The summed E-state index contributed by atoms with van der Waals surface area (Å²) in [6.07, 6.45) is 0. The molecule has 104 valence electrons. The van der Waals surface area contributed by atoms with E-state index in [1.54, 1.807) is 6.92 Å². The first-order valence-corrected chi connectivity index (χ1v) is 5.67. The van der Waals surface area contributed by atoms with E-state index in [-0.39, 0.29) is 22.9 Å². The summed E-state index contributed by atoms with van der Waals surface area (Å²) in [6, 6.07) is 2.85. The molecule has 0 unspecified atom stereocenters. The van der Waals surface area contributed by atoms with Gasteiger partial charge in [0, 0.05) is 18.7 Å². The van der Waals surface area contributed by atoms with Gasteiger partial charge in [-0.15, -0.1) is 5.10 Å². The molecular weight excluding hydrogens is 271 g/mol. The second-order valence-electron chi connectivity index (χ2n) is 3.88. The molecular formula is C12H10F3N5. The largest absolute Gasteiger partial charge is 0.382 e. The Morgan fingerprint density at radius 1 is 1.30 bits per heavy atom. The Kier molecular flexibility index (Phi) is 3.52. The van der Waals surface area contributed by atoms with E-state index in [1.165, 1.54) is 0 Å². The minimum atomic E-state index is -1.32. The van der Waals surface area contributed by atoms with Crippen molar-refractivity contribution < 1.29 is 13.2 Å². The molecule has 0 atom stereocenters. The molecule has 8 heteroatoms. The van der Waals surface area contributed by atoms with Gasteiger partial charge in [-0.2, -0.15) is 5.26 Å². The van der Waals surface area contributed by atoms with Crippen LogP contribution in [0.5, 0.6) is 0 Å². The van der Waals surface area contributed by atoms with Crippen LogP contribution in [0.3, 0.4) is 0 Å². The number of rotatable bonds is 3. The summed E-state index contributed by atoms with van der Waals surface area (Å²) in [5.41, 5.74) is 5.33. The van der Waals surface area contributed by atoms with Gasteiger partial charge in [0.15, 0.2) is 23.3 Å². The molecule has 3 N–H and O–H groups in total. The molecule has 5 nitrogen and oxygen atoms in total. The van der Waals surface area contributed by atoms with Crippen molar-refractivity contribution in [1.82, 2.24) is 9.78 Å². The zero-order valence-corrected chi connectivity index (χ0v) is 10.4. The summed E-state index contributed by atoms with van der Waals surface area (Å²) in [5, 5.41) is 15.7. The number of nitriles is 1. The molecule has 1 heterocycles. The Bertz CT molecular complexity index is 702. The van der Waals surface area contributed by atoms with E-state index >= 15 is 0 Å². The Labute approximate surface area is 112 Å². The lowest BCUT2D eigenvalue weighted by molar-refractivity contribution is 0.491. The van der Waals surface area contributed by atoms with Gasteiger partial charge in [0.2, 0.25) is 0 Å². The molecule has 0 amide bonds. The predicted octanol–water partition coefficient (Wildman–Crippen LogP) is 2.18. The first-order valence-electron chi connectivity index (χ1n) is 5.67. The van der Waals surface area contributed by atoms with Gasteiger partial charge in [-0.3, -0.25) is 0 Å². The summed E-state index contributed by atoms with van der Waals surface area (Å²) < 4.78 is 40.7. The van der Waals surface area contributed by atoms with Crippen LogP contribution < -0.4 is 11.1 Å². The van der Waals surface area contributed by atoms with Gasteiger partial charge in [-0.05, 0) is 6.92 Å². The monoisotopic (exact) mass is 281 g/mol. The molecule has 0 bridgehead atoms. The smallest absolute Gasteiger partial charge is 0.168 e. The van der Waals surface area contributed by atoms with Gasteiger partial charge >= 0.3 is 0 Å². The molecule has 0 saturated heterocycles. The minimum absolute atomic E-state index is 0.0102. The van der Waals surface area contributed by atoms with Gasteiger partial charge < -0.3 is 11.1 Å². The van der Waals surface area contributed by atoms with Crippen molar-refractivity contribution in [3.8, 4) is 11.8 Å². The Balaban J connectivity index is 2.65. The average Bonchev–Trinajstić information content (AvgIpc) is 2.71. The summed E-state index contributed by atoms with van der Waals surface area (Å²) in [5.74, 6) is -3.60. The maximum Gasteiger partial charge on any atom is 0.168 e. The van der Waals surface area contributed by atoms with Crippen LogP contribution in [0.1, 0.15) is 12.5 Å². The van der Waals surface area contributed by atoms with Crippen molar-refractivity contribution in [2.24, 2.45) is 0 Å². The van der Waals surface area contributed by atoms with E-state index in [0.717, 1.165) is 4.68 Å². The summed E-state index contributed by atoms with van der Waals surface area (Å²) in [4.78, 5) is 0. The highest BCUT2D eigenvalue weighted by Crippen LogP contribution is 2.26. The van der Waals surface area contributed by atoms with E-state index in [0.29, 0.717) is 18.7 Å². The second kappa shape index (κ2) is 5.13. The molecule has 0 aliphatic carbocycles. The van der Waals surface area contributed by atoms with Crippen LogP contribution in [0.25, 0.3) is 5.69 Å². The molecule has 1 aromatic heterocycles. The zero-order chi connectivity index (χ0) is 14.9. The molecule has 0 aliphatic heterocycles. The molecule has 0 radical (unpaired) electrons. The first-order chi connectivity index (χ1) is 9.49. The summed E-state index contributed by atoms with van der Waals surface area (Å²) in [6.45, 7) is 2.24. The number of nitrogen functional groups attached to an aromatic ring is 1. The number of hydrogen-bond donors (Lipinski definition) is 2. The third-order valence-electron chi connectivity index (χ3n) is 2.60. The van der Waals surface area contributed by atoms with Gasteiger partial charge in [0.05, 0.1) is 0 Å².